The Labute approximate surface area is 109 Å². The third kappa shape index (κ3) is 4.00. The lowest BCUT2D eigenvalue weighted by molar-refractivity contribution is -0.124. The molecule has 0 saturated heterocycles. The molecule has 5 heteroatoms. The van der Waals surface area contributed by atoms with Crippen molar-refractivity contribution >= 4 is 11.7 Å². The molecule has 0 saturated carbocycles. The number of carbonyl (C=O) groups excluding carboxylic acids is 1. The van der Waals surface area contributed by atoms with Gasteiger partial charge in [0.15, 0.2) is 0 Å². The van der Waals surface area contributed by atoms with Crippen molar-refractivity contribution in [3.05, 3.63) is 23.9 Å². The highest BCUT2D eigenvalue weighted by Gasteiger charge is 2.12. The largest absolute Gasteiger partial charge is 0.362 e. The highest BCUT2D eigenvalue weighted by Crippen LogP contribution is 2.13. The fourth-order valence-corrected chi connectivity index (χ4v) is 1.73. The van der Waals surface area contributed by atoms with Gasteiger partial charge < -0.3 is 15.5 Å². The van der Waals surface area contributed by atoms with E-state index in [1.807, 2.05) is 45.1 Å². The summed E-state index contributed by atoms with van der Waals surface area (Å²) in [7, 11) is 5.73. The number of pyridine rings is 1. The summed E-state index contributed by atoms with van der Waals surface area (Å²) in [6.45, 7) is 3.09. The highest BCUT2D eigenvalue weighted by molar-refractivity contribution is 5.78. The smallest absolute Gasteiger partial charge is 0.224 e. The summed E-state index contributed by atoms with van der Waals surface area (Å²) in [5.74, 6) is 0.909. The van der Waals surface area contributed by atoms with Gasteiger partial charge in [0.1, 0.15) is 5.82 Å². The topological polar surface area (TPSA) is 57.3 Å². The average molecular weight is 250 g/mol. The fraction of sp³-hybridized carbons (Fsp3) is 0.538. The minimum atomic E-state index is -0.0329. The summed E-state index contributed by atoms with van der Waals surface area (Å²) in [6.07, 6.45) is 1.75. The summed E-state index contributed by atoms with van der Waals surface area (Å²) in [6, 6.07) is 3.86. The van der Waals surface area contributed by atoms with Crippen LogP contribution in [-0.4, -0.2) is 38.6 Å². The van der Waals surface area contributed by atoms with Gasteiger partial charge in [0, 0.05) is 44.9 Å². The molecular weight excluding hydrogens is 228 g/mol. The molecule has 0 fully saturated rings. The second-order valence-electron chi connectivity index (χ2n) is 4.56. The molecule has 1 aromatic rings. The number of amides is 1. The van der Waals surface area contributed by atoms with Crippen LogP contribution in [0.1, 0.15) is 12.5 Å². The number of rotatable bonds is 6. The molecule has 1 amide bonds. The minimum absolute atomic E-state index is 0.0329. The Morgan fingerprint density at radius 2 is 2.22 bits per heavy atom. The monoisotopic (exact) mass is 250 g/mol. The molecule has 0 aromatic carbocycles. The van der Waals surface area contributed by atoms with E-state index in [2.05, 4.69) is 15.6 Å². The van der Waals surface area contributed by atoms with Gasteiger partial charge in [-0.25, -0.2) is 4.98 Å². The van der Waals surface area contributed by atoms with Crippen molar-refractivity contribution in [1.82, 2.24) is 15.6 Å². The van der Waals surface area contributed by atoms with E-state index in [0.29, 0.717) is 13.1 Å². The predicted octanol–water partition coefficient (Wildman–Crippen LogP) is 0.619. The van der Waals surface area contributed by atoms with Crippen LogP contribution in [0.5, 0.6) is 0 Å². The number of nitrogens with zero attached hydrogens (tertiary/aromatic N) is 2. The molecule has 0 spiro atoms. The van der Waals surface area contributed by atoms with Gasteiger partial charge in [0.25, 0.3) is 0 Å². The Balaban J connectivity index is 2.61. The second kappa shape index (κ2) is 6.96. The van der Waals surface area contributed by atoms with E-state index in [1.54, 1.807) is 6.20 Å². The quantitative estimate of drug-likeness (QED) is 0.777. The summed E-state index contributed by atoms with van der Waals surface area (Å²) < 4.78 is 0. The van der Waals surface area contributed by atoms with E-state index < -0.39 is 0 Å². The van der Waals surface area contributed by atoms with Crippen LogP contribution in [0.15, 0.2) is 18.3 Å². The van der Waals surface area contributed by atoms with E-state index in [1.165, 1.54) is 0 Å². The normalized spacial score (nSPS) is 12.0. The standard InChI is InChI=1S/C13H22N4O/c1-10(8-14-2)13(18)16-9-11-6-5-7-15-12(11)17(3)4/h5-7,10,14H,8-9H2,1-4H3,(H,16,18). The Bertz CT molecular complexity index is 392. The lowest BCUT2D eigenvalue weighted by Crippen LogP contribution is -2.34. The maximum atomic E-state index is 11.8. The number of aromatic nitrogens is 1. The number of hydrogen-bond donors (Lipinski definition) is 2. The molecule has 2 N–H and O–H groups in total. The first-order valence-corrected chi connectivity index (χ1v) is 6.09. The van der Waals surface area contributed by atoms with Gasteiger partial charge >= 0.3 is 0 Å². The van der Waals surface area contributed by atoms with Crippen molar-refractivity contribution in [3.63, 3.8) is 0 Å². The molecule has 0 bridgehead atoms. The first-order valence-electron chi connectivity index (χ1n) is 6.09. The third-order valence-corrected chi connectivity index (χ3v) is 2.70. The van der Waals surface area contributed by atoms with E-state index >= 15 is 0 Å². The van der Waals surface area contributed by atoms with Gasteiger partial charge in [0.2, 0.25) is 5.91 Å². The number of anilines is 1. The molecular formula is C13H22N4O. The summed E-state index contributed by atoms with van der Waals surface area (Å²) in [5.41, 5.74) is 1.02. The molecule has 0 radical (unpaired) electrons. The molecule has 100 valence electrons. The molecule has 1 heterocycles. The van der Waals surface area contributed by atoms with Gasteiger partial charge in [-0.1, -0.05) is 13.0 Å². The lowest BCUT2D eigenvalue weighted by Gasteiger charge is -2.17. The number of carbonyl (C=O) groups is 1. The third-order valence-electron chi connectivity index (χ3n) is 2.70. The fourth-order valence-electron chi connectivity index (χ4n) is 1.73. The van der Waals surface area contributed by atoms with Crippen LogP contribution < -0.4 is 15.5 Å². The molecule has 0 aliphatic carbocycles. The zero-order valence-corrected chi connectivity index (χ0v) is 11.5. The Morgan fingerprint density at radius 1 is 1.50 bits per heavy atom. The van der Waals surface area contributed by atoms with E-state index in [4.69, 9.17) is 0 Å². The predicted molar refractivity (Wildman–Crippen MR) is 73.5 cm³/mol. The van der Waals surface area contributed by atoms with Gasteiger partial charge in [-0.2, -0.15) is 0 Å². The zero-order valence-electron chi connectivity index (χ0n) is 11.5. The Hall–Kier alpha value is -1.62. The minimum Gasteiger partial charge on any atom is -0.362 e. The van der Waals surface area contributed by atoms with Crippen LogP contribution in [0.4, 0.5) is 5.82 Å². The second-order valence-corrected chi connectivity index (χ2v) is 4.56. The van der Waals surface area contributed by atoms with Crippen molar-refractivity contribution in [2.45, 2.75) is 13.5 Å². The van der Waals surface area contributed by atoms with Crippen LogP contribution >= 0.6 is 0 Å². The summed E-state index contributed by atoms with van der Waals surface area (Å²) in [5, 5.41) is 5.93. The van der Waals surface area contributed by atoms with Crippen LogP contribution in [-0.2, 0) is 11.3 Å². The molecule has 1 atom stereocenters. The molecule has 1 rings (SSSR count). The van der Waals surface area contributed by atoms with Crippen LogP contribution in [0, 0.1) is 5.92 Å². The number of nitrogens with one attached hydrogen (secondary N) is 2. The molecule has 1 unspecified atom stereocenters. The Morgan fingerprint density at radius 3 is 2.83 bits per heavy atom. The van der Waals surface area contributed by atoms with Gasteiger partial charge in [-0.15, -0.1) is 0 Å². The van der Waals surface area contributed by atoms with Crippen molar-refractivity contribution in [3.8, 4) is 0 Å². The van der Waals surface area contributed by atoms with Gasteiger partial charge in [0.05, 0.1) is 0 Å². The molecule has 18 heavy (non-hydrogen) atoms. The maximum absolute atomic E-state index is 11.8. The molecule has 1 aromatic heterocycles. The van der Waals surface area contributed by atoms with Crippen molar-refractivity contribution < 1.29 is 4.79 Å². The molecule has 0 aliphatic heterocycles. The van der Waals surface area contributed by atoms with Gasteiger partial charge in [-0.3, -0.25) is 4.79 Å². The Kier molecular flexibility index (Phi) is 5.58. The zero-order chi connectivity index (χ0) is 13.5. The van der Waals surface area contributed by atoms with E-state index in [9.17, 15) is 4.79 Å². The van der Waals surface area contributed by atoms with Crippen molar-refractivity contribution in [2.75, 3.05) is 32.6 Å². The summed E-state index contributed by atoms with van der Waals surface area (Å²) in [4.78, 5) is 18.0. The SMILES string of the molecule is CNCC(C)C(=O)NCc1cccnc1N(C)C. The van der Waals surface area contributed by atoms with Crippen LogP contribution in [0.2, 0.25) is 0 Å². The maximum Gasteiger partial charge on any atom is 0.224 e. The average Bonchev–Trinajstić information content (AvgIpc) is 2.36. The molecule has 5 nitrogen and oxygen atoms in total. The van der Waals surface area contributed by atoms with Crippen LogP contribution in [0.25, 0.3) is 0 Å². The lowest BCUT2D eigenvalue weighted by atomic mass is 10.1. The van der Waals surface area contributed by atoms with Crippen molar-refractivity contribution in [2.24, 2.45) is 5.92 Å². The van der Waals surface area contributed by atoms with E-state index in [-0.39, 0.29) is 11.8 Å². The first-order chi connectivity index (χ1) is 8.56. The number of hydrogen-bond acceptors (Lipinski definition) is 4. The van der Waals surface area contributed by atoms with Gasteiger partial charge in [-0.05, 0) is 13.1 Å². The van der Waals surface area contributed by atoms with Crippen LogP contribution in [0.3, 0.4) is 0 Å². The van der Waals surface area contributed by atoms with E-state index in [0.717, 1.165) is 11.4 Å². The summed E-state index contributed by atoms with van der Waals surface area (Å²) >= 11 is 0. The first kappa shape index (κ1) is 14.4. The molecule has 0 aliphatic rings. The van der Waals surface area contributed by atoms with Crippen molar-refractivity contribution in [1.29, 1.82) is 0 Å². The highest BCUT2D eigenvalue weighted by atomic mass is 16.1.